The van der Waals surface area contributed by atoms with Crippen LogP contribution in [0.4, 0.5) is 22.0 Å². The van der Waals surface area contributed by atoms with Crippen molar-refractivity contribution in [1.82, 2.24) is 0 Å². The van der Waals surface area contributed by atoms with Gasteiger partial charge in [0.05, 0.1) is 0 Å². The van der Waals surface area contributed by atoms with Crippen molar-refractivity contribution in [3.05, 3.63) is 54.1 Å². The second-order valence-corrected chi connectivity index (χ2v) is 4.53. The van der Waals surface area contributed by atoms with Crippen molar-refractivity contribution in [1.29, 1.82) is 0 Å². The Labute approximate surface area is 121 Å². The first-order chi connectivity index (χ1) is 10.1. The van der Waals surface area contributed by atoms with Crippen molar-refractivity contribution >= 4 is 22.3 Å². The second-order valence-electron chi connectivity index (χ2n) is 4.53. The normalized spacial score (nSPS) is 13.4. The summed E-state index contributed by atoms with van der Waals surface area (Å²) < 4.78 is 61.8. The summed E-state index contributed by atoms with van der Waals surface area (Å²) >= 11 is 0. The maximum atomic E-state index is 12.8. The smallest absolute Gasteiger partial charge is 0.461 e. The van der Waals surface area contributed by atoms with Gasteiger partial charge in [0.2, 0.25) is 5.78 Å². The number of rotatable bonds is 3. The van der Waals surface area contributed by atoms with E-state index in [1.54, 1.807) is 30.3 Å². The maximum Gasteiger partial charge on any atom is 0.461 e. The molecule has 0 saturated carbocycles. The molecule has 0 atom stereocenters. The van der Waals surface area contributed by atoms with Gasteiger partial charge in [0, 0.05) is 11.6 Å². The molecule has 2 aromatic rings. The first-order valence-electron chi connectivity index (χ1n) is 6.02. The lowest BCUT2D eigenvalue weighted by Crippen LogP contribution is -2.43. The Hall–Kier alpha value is -2.44. The Kier molecular flexibility index (Phi) is 3.91. The number of aliphatic hydroxyl groups is 1. The molecule has 0 aromatic heterocycles. The van der Waals surface area contributed by atoms with Gasteiger partial charge in [-0.25, -0.2) is 0 Å². The van der Waals surface area contributed by atoms with Crippen LogP contribution in [-0.4, -0.2) is 23.0 Å². The Balaban J connectivity index is 2.37. The molecule has 0 amide bonds. The highest BCUT2D eigenvalue weighted by molar-refractivity contribution is 6.01. The molecule has 0 bridgehead atoms. The van der Waals surface area contributed by atoms with Crippen molar-refractivity contribution in [2.45, 2.75) is 12.1 Å². The molecule has 0 radical (unpaired) electrons. The largest absolute Gasteiger partial charge is 0.507 e. The quantitative estimate of drug-likeness (QED) is 0.514. The van der Waals surface area contributed by atoms with E-state index in [1.807, 2.05) is 0 Å². The van der Waals surface area contributed by atoms with E-state index in [0.717, 1.165) is 5.39 Å². The summed E-state index contributed by atoms with van der Waals surface area (Å²) in [5.41, 5.74) is -0.0370. The fourth-order valence-corrected chi connectivity index (χ4v) is 1.79. The van der Waals surface area contributed by atoms with Crippen LogP contribution in [0.25, 0.3) is 16.5 Å². The minimum absolute atomic E-state index is 0.0370. The van der Waals surface area contributed by atoms with Crippen LogP contribution in [0.1, 0.15) is 5.56 Å². The van der Waals surface area contributed by atoms with Crippen LogP contribution in [0.5, 0.6) is 0 Å². The van der Waals surface area contributed by atoms with E-state index >= 15 is 0 Å². The summed E-state index contributed by atoms with van der Waals surface area (Å²) in [6.45, 7) is 0. The number of alkyl halides is 5. The lowest BCUT2D eigenvalue weighted by molar-refractivity contribution is -0.266. The van der Waals surface area contributed by atoms with Gasteiger partial charge in [0.25, 0.3) is 0 Å². The van der Waals surface area contributed by atoms with Crippen molar-refractivity contribution in [3.8, 4) is 0 Å². The minimum atomic E-state index is -6.01. The van der Waals surface area contributed by atoms with Gasteiger partial charge in [-0.1, -0.05) is 36.4 Å². The Morgan fingerprint density at radius 2 is 1.55 bits per heavy atom. The van der Waals surface area contributed by atoms with E-state index in [2.05, 4.69) is 0 Å². The van der Waals surface area contributed by atoms with Crippen LogP contribution in [0, 0.1) is 0 Å². The van der Waals surface area contributed by atoms with Crippen LogP contribution in [0.2, 0.25) is 0 Å². The summed E-state index contributed by atoms with van der Waals surface area (Å²) in [5, 5.41) is 11.0. The molecule has 0 saturated heterocycles. The SMILES string of the molecule is O=C(C=C(O)c1ccc2ccccc2c1)C(F)(F)C(F)(F)F. The van der Waals surface area contributed by atoms with Crippen molar-refractivity contribution in [2.75, 3.05) is 0 Å². The highest BCUT2D eigenvalue weighted by Gasteiger charge is 2.62. The molecule has 2 rings (SSSR count). The van der Waals surface area contributed by atoms with Crippen molar-refractivity contribution in [2.24, 2.45) is 0 Å². The van der Waals surface area contributed by atoms with Gasteiger partial charge in [-0.15, -0.1) is 0 Å². The van der Waals surface area contributed by atoms with Crippen LogP contribution in [0.3, 0.4) is 0 Å². The Bertz CT molecular complexity index is 747. The molecule has 0 aliphatic heterocycles. The van der Waals surface area contributed by atoms with Gasteiger partial charge in [0.15, 0.2) is 0 Å². The zero-order valence-electron chi connectivity index (χ0n) is 10.9. The lowest BCUT2D eigenvalue weighted by Gasteiger charge is -2.16. The van der Waals surface area contributed by atoms with Gasteiger partial charge in [-0.05, 0) is 16.8 Å². The number of benzene rings is 2. The maximum absolute atomic E-state index is 12.8. The third-order valence-corrected chi connectivity index (χ3v) is 2.98. The standard InChI is InChI=1S/C15H9F5O2/c16-14(17,15(18,19)20)13(22)8-12(21)11-6-5-9-3-1-2-4-10(9)7-11/h1-8,21H. The number of hydrogen-bond donors (Lipinski definition) is 1. The fraction of sp³-hybridized carbons (Fsp3) is 0.133. The number of hydrogen-bond acceptors (Lipinski definition) is 2. The Morgan fingerprint density at radius 1 is 0.955 bits per heavy atom. The summed E-state index contributed by atoms with van der Waals surface area (Å²) in [4.78, 5) is 11.1. The number of fused-ring (bicyclic) bond motifs is 1. The number of halogens is 5. The third kappa shape index (κ3) is 2.93. The van der Waals surface area contributed by atoms with E-state index in [-0.39, 0.29) is 11.6 Å². The summed E-state index contributed by atoms with van der Waals surface area (Å²) in [6, 6.07) is 11.1. The molecule has 0 aliphatic rings. The van der Waals surface area contributed by atoms with Crippen LogP contribution >= 0.6 is 0 Å². The Morgan fingerprint density at radius 3 is 2.14 bits per heavy atom. The van der Waals surface area contributed by atoms with Crippen molar-refractivity contribution < 1.29 is 31.9 Å². The summed E-state index contributed by atoms with van der Waals surface area (Å²) in [5.74, 6) is -9.02. The molecule has 0 aliphatic carbocycles. The van der Waals surface area contributed by atoms with E-state index in [4.69, 9.17) is 0 Å². The summed E-state index contributed by atoms with van der Waals surface area (Å²) in [6.07, 6.45) is -6.12. The zero-order valence-corrected chi connectivity index (χ0v) is 10.9. The summed E-state index contributed by atoms with van der Waals surface area (Å²) in [7, 11) is 0. The third-order valence-electron chi connectivity index (χ3n) is 2.98. The fourth-order valence-electron chi connectivity index (χ4n) is 1.79. The van der Waals surface area contributed by atoms with Gasteiger partial charge in [-0.3, -0.25) is 4.79 Å². The molecule has 0 spiro atoms. The average molecular weight is 316 g/mol. The molecular weight excluding hydrogens is 307 g/mol. The van der Waals surface area contributed by atoms with Gasteiger partial charge >= 0.3 is 12.1 Å². The van der Waals surface area contributed by atoms with Gasteiger partial charge < -0.3 is 5.11 Å². The molecule has 116 valence electrons. The van der Waals surface area contributed by atoms with Crippen molar-refractivity contribution in [3.63, 3.8) is 0 Å². The van der Waals surface area contributed by atoms with Gasteiger partial charge in [-0.2, -0.15) is 22.0 Å². The average Bonchev–Trinajstić information content (AvgIpc) is 2.45. The second kappa shape index (κ2) is 5.40. The zero-order chi connectivity index (χ0) is 16.5. The predicted molar refractivity (Wildman–Crippen MR) is 70.6 cm³/mol. The highest BCUT2D eigenvalue weighted by Crippen LogP contribution is 2.36. The molecule has 7 heteroatoms. The van der Waals surface area contributed by atoms with Crippen LogP contribution < -0.4 is 0 Å². The highest BCUT2D eigenvalue weighted by atomic mass is 19.4. The topological polar surface area (TPSA) is 37.3 Å². The van der Waals surface area contributed by atoms with E-state index in [9.17, 15) is 31.9 Å². The number of allylic oxidation sites excluding steroid dienone is 1. The molecule has 2 aromatic carbocycles. The lowest BCUT2D eigenvalue weighted by atomic mass is 10.0. The first-order valence-corrected chi connectivity index (χ1v) is 6.02. The van der Waals surface area contributed by atoms with Gasteiger partial charge in [0.1, 0.15) is 5.76 Å². The van der Waals surface area contributed by atoms with E-state index in [0.29, 0.717) is 5.39 Å². The van der Waals surface area contributed by atoms with Crippen LogP contribution in [0.15, 0.2) is 48.5 Å². The van der Waals surface area contributed by atoms with E-state index < -0.39 is 23.6 Å². The molecule has 22 heavy (non-hydrogen) atoms. The monoisotopic (exact) mass is 316 g/mol. The molecular formula is C15H9F5O2. The number of aliphatic hydroxyl groups excluding tert-OH is 1. The molecule has 0 heterocycles. The minimum Gasteiger partial charge on any atom is -0.507 e. The van der Waals surface area contributed by atoms with Crippen LogP contribution in [-0.2, 0) is 4.79 Å². The number of ketones is 1. The molecule has 0 unspecified atom stereocenters. The molecule has 1 N–H and O–H groups in total. The molecule has 2 nitrogen and oxygen atoms in total. The molecule has 0 fully saturated rings. The number of carbonyl (C=O) groups excluding carboxylic acids is 1. The number of carbonyl (C=O) groups is 1. The first kappa shape index (κ1) is 15.9. The van der Waals surface area contributed by atoms with E-state index in [1.165, 1.54) is 12.1 Å². The predicted octanol–water partition coefficient (Wildman–Crippen LogP) is 4.51.